The Labute approximate surface area is 189 Å². The van der Waals surface area contributed by atoms with Crippen molar-refractivity contribution in [3.63, 3.8) is 0 Å². The van der Waals surface area contributed by atoms with Crippen LogP contribution >= 0.6 is 0 Å². The second-order valence-electron chi connectivity index (χ2n) is 8.00. The van der Waals surface area contributed by atoms with Crippen LogP contribution in [0.15, 0.2) is 48.5 Å². The predicted octanol–water partition coefficient (Wildman–Crippen LogP) is 4.43. The number of amides is 2. The topological polar surface area (TPSA) is 94.5 Å². The first-order chi connectivity index (χ1) is 15.5. The van der Waals surface area contributed by atoms with Crippen LogP contribution in [0.5, 0.6) is 5.75 Å². The SMILES string of the molecule is CCOc1ccc(NC(=O)c2ccc(NCC(=O)N(C)C3(C#N)CCCCC3)cc2)cc1. The zero-order chi connectivity index (χ0) is 23.0. The van der Waals surface area contributed by atoms with Crippen molar-refractivity contribution in [1.82, 2.24) is 4.90 Å². The van der Waals surface area contributed by atoms with Gasteiger partial charge >= 0.3 is 0 Å². The van der Waals surface area contributed by atoms with E-state index in [0.717, 1.165) is 43.5 Å². The molecule has 0 unspecified atom stereocenters. The van der Waals surface area contributed by atoms with Crippen molar-refractivity contribution in [2.45, 2.75) is 44.6 Å². The molecule has 32 heavy (non-hydrogen) atoms. The van der Waals surface area contributed by atoms with Gasteiger partial charge in [0.15, 0.2) is 0 Å². The molecule has 1 aliphatic carbocycles. The molecule has 7 nitrogen and oxygen atoms in total. The Morgan fingerprint density at radius 2 is 1.66 bits per heavy atom. The van der Waals surface area contributed by atoms with Gasteiger partial charge < -0.3 is 20.3 Å². The number of benzene rings is 2. The number of nitrogens with one attached hydrogen (secondary N) is 2. The summed E-state index contributed by atoms with van der Waals surface area (Å²) in [5.74, 6) is 0.417. The Bertz CT molecular complexity index is 958. The number of nitriles is 1. The molecule has 7 heteroatoms. The number of hydrogen-bond acceptors (Lipinski definition) is 5. The van der Waals surface area contributed by atoms with Crippen molar-refractivity contribution in [2.24, 2.45) is 0 Å². The van der Waals surface area contributed by atoms with Crippen LogP contribution in [0, 0.1) is 11.3 Å². The van der Waals surface area contributed by atoms with E-state index in [0.29, 0.717) is 17.9 Å². The number of carbonyl (C=O) groups excluding carboxylic acids is 2. The molecule has 2 amide bonds. The number of rotatable bonds is 8. The van der Waals surface area contributed by atoms with E-state index < -0.39 is 5.54 Å². The van der Waals surface area contributed by atoms with Gasteiger partial charge in [-0.3, -0.25) is 9.59 Å². The molecule has 168 valence electrons. The number of nitrogens with zero attached hydrogens (tertiary/aromatic N) is 2. The molecule has 0 aromatic heterocycles. The molecule has 1 aliphatic rings. The molecular formula is C25H30N4O3. The Morgan fingerprint density at radius 3 is 2.25 bits per heavy atom. The van der Waals surface area contributed by atoms with Gasteiger partial charge in [-0.2, -0.15) is 5.26 Å². The van der Waals surface area contributed by atoms with Crippen LogP contribution in [-0.2, 0) is 4.79 Å². The van der Waals surface area contributed by atoms with Crippen molar-refractivity contribution < 1.29 is 14.3 Å². The lowest BCUT2D eigenvalue weighted by Gasteiger charge is -2.39. The first kappa shape index (κ1) is 23.1. The summed E-state index contributed by atoms with van der Waals surface area (Å²) in [7, 11) is 1.72. The van der Waals surface area contributed by atoms with Crippen molar-refractivity contribution >= 4 is 23.2 Å². The molecule has 2 aromatic rings. The predicted molar refractivity (Wildman–Crippen MR) is 125 cm³/mol. The normalized spacial score (nSPS) is 14.7. The van der Waals surface area contributed by atoms with E-state index in [1.165, 1.54) is 0 Å². The highest BCUT2D eigenvalue weighted by molar-refractivity contribution is 6.04. The molecule has 3 rings (SSSR count). The van der Waals surface area contributed by atoms with Crippen molar-refractivity contribution in [3.05, 3.63) is 54.1 Å². The van der Waals surface area contributed by atoms with Crippen LogP contribution in [0.1, 0.15) is 49.4 Å². The van der Waals surface area contributed by atoms with E-state index in [2.05, 4.69) is 16.7 Å². The van der Waals surface area contributed by atoms with E-state index in [1.807, 2.05) is 19.1 Å². The molecule has 2 aromatic carbocycles. The summed E-state index contributed by atoms with van der Waals surface area (Å²) in [6.07, 6.45) is 4.51. The lowest BCUT2D eigenvalue weighted by Crippen LogP contribution is -2.51. The van der Waals surface area contributed by atoms with Crippen molar-refractivity contribution in [3.8, 4) is 11.8 Å². The number of hydrogen-bond donors (Lipinski definition) is 2. The average molecular weight is 435 g/mol. The lowest BCUT2D eigenvalue weighted by atomic mass is 9.81. The second-order valence-corrected chi connectivity index (χ2v) is 8.00. The molecule has 1 saturated carbocycles. The zero-order valence-electron chi connectivity index (χ0n) is 18.7. The van der Waals surface area contributed by atoms with Crippen LogP contribution in [0.25, 0.3) is 0 Å². The standard InChI is InChI=1S/C25H30N4O3/c1-3-32-22-13-11-21(12-14-22)28-24(31)19-7-9-20(10-8-19)27-17-23(30)29(2)25(18-26)15-5-4-6-16-25/h7-14,27H,3-6,15-17H2,1-2H3,(H,28,31). The minimum atomic E-state index is -0.695. The molecule has 0 radical (unpaired) electrons. The smallest absolute Gasteiger partial charge is 0.255 e. The van der Waals surface area contributed by atoms with Gasteiger partial charge in [0.05, 0.1) is 19.2 Å². The summed E-state index contributed by atoms with van der Waals surface area (Å²) in [5, 5.41) is 15.6. The lowest BCUT2D eigenvalue weighted by molar-refractivity contribution is -0.132. The fourth-order valence-electron chi connectivity index (χ4n) is 3.94. The Balaban J connectivity index is 1.53. The number of anilines is 2. The Hall–Kier alpha value is -3.53. The molecule has 0 bridgehead atoms. The van der Waals surface area contributed by atoms with Gasteiger partial charge in [0, 0.05) is 24.0 Å². The molecule has 2 N–H and O–H groups in total. The second kappa shape index (κ2) is 10.7. The van der Waals surface area contributed by atoms with E-state index in [4.69, 9.17) is 4.74 Å². The van der Waals surface area contributed by atoms with Gasteiger partial charge in [-0.15, -0.1) is 0 Å². The molecule has 0 heterocycles. The van der Waals surface area contributed by atoms with Crippen LogP contribution in [-0.4, -0.2) is 42.5 Å². The summed E-state index contributed by atoms with van der Waals surface area (Å²) in [5.41, 5.74) is 1.24. The number of carbonyl (C=O) groups is 2. The summed E-state index contributed by atoms with van der Waals surface area (Å²) < 4.78 is 5.40. The fourth-order valence-corrected chi connectivity index (χ4v) is 3.94. The third-order valence-electron chi connectivity index (χ3n) is 5.92. The molecular weight excluding hydrogens is 404 g/mol. The third kappa shape index (κ3) is 5.58. The van der Waals surface area contributed by atoms with Crippen LogP contribution in [0.3, 0.4) is 0 Å². The Morgan fingerprint density at radius 1 is 1.03 bits per heavy atom. The summed E-state index contributed by atoms with van der Waals surface area (Å²) in [6, 6.07) is 16.5. The molecule has 0 atom stereocenters. The van der Waals surface area contributed by atoms with Gasteiger partial charge in [-0.05, 0) is 68.3 Å². The zero-order valence-corrected chi connectivity index (χ0v) is 18.7. The summed E-state index contributed by atoms with van der Waals surface area (Å²) in [4.78, 5) is 26.7. The van der Waals surface area contributed by atoms with E-state index in [-0.39, 0.29) is 18.4 Å². The van der Waals surface area contributed by atoms with Gasteiger partial charge in [-0.1, -0.05) is 19.3 Å². The van der Waals surface area contributed by atoms with Crippen LogP contribution in [0.2, 0.25) is 0 Å². The highest BCUT2D eigenvalue weighted by Crippen LogP contribution is 2.32. The number of likely N-dealkylation sites (N-methyl/N-ethyl adjacent to an activating group) is 1. The minimum Gasteiger partial charge on any atom is -0.494 e. The molecule has 1 fully saturated rings. The maximum Gasteiger partial charge on any atom is 0.255 e. The van der Waals surface area contributed by atoms with E-state index >= 15 is 0 Å². The molecule has 0 spiro atoms. The highest BCUT2D eigenvalue weighted by atomic mass is 16.5. The quantitative estimate of drug-likeness (QED) is 0.641. The average Bonchev–Trinajstić information content (AvgIpc) is 2.84. The van der Waals surface area contributed by atoms with Crippen LogP contribution < -0.4 is 15.4 Å². The van der Waals surface area contributed by atoms with Gasteiger partial charge in [0.2, 0.25) is 5.91 Å². The van der Waals surface area contributed by atoms with Crippen LogP contribution in [0.4, 0.5) is 11.4 Å². The van der Waals surface area contributed by atoms with E-state index in [9.17, 15) is 14.9 Å². The fraction of sp³-hybridized carbons (Fsp3) is 0.400. The van der Waals surface area contributed by atoms with Gasteiger partial charge in [-0.25, -0.2) is 0 Å². The molecule has 0 aliphatic heterocycles. The van der Waals surface area contributed by atoms with Crippen molar-refractivity contribution in [2.75, 3.05) is 30.8 Å². The maximum atomic E-state index is 12.7. The molecule has 0 saturated heterocycles. The van der Waals surface area contributed by atoms with Gasteiger partial charge in [0.1, 0.15) is 11.3 Å². The summed E-state index contributed by atoms with van der Waals surface area (Å²) >= 11 is 0. The largest absolute Gasteiger partial charge is 0.494 e. The monoisotopic (exact) mass is 434 g/mol. The third-order valence-corrected chi connectivity index (χ3v) is 5.92. The first-order valence-electron chi connectivity index (χ1n) is 11.0. The summed E-state index contributed by atoms with van der Waals surface area (Å²) in [6.45, 7) is 2.60. The first-order valence-corrected chi connectivity index (χ1v) is 11.0. The maximum absolute atomic E-state index is 12.7. The van der Waals surface area contributed by atoms with Crippen molar-refractivity contribution in [1.29, 1.82) is 5.26 Å². The Kier molecular flexibility index (Phi) is 7.72. The van der Waals surface area contributed by atoms with E-state index in [1.54, 1.807) is 48.3 Å². The number of ether oxygens (including phenoxy) is 1. The highest BCUT2D eigenvalue weighted by Gasteiger charge is 2.38. The minimum absolute atomic E-state index is 0.0949. The van der Waals surface area contributed by atoms with Gasteiger partial charge in [0.25, 0.3) is 5.91 Å².